The molecule has 124 valence electrons. The molecule has 3 aromatic rings. The van der Waals surface area contributed by atoms with Crippen LogP contribution in [-0.4, -0.2) is 19.7 Å². The van der Waals surface area contributed by atoms with Crippen LogP contribution in [-0.2, 0) is 9.84 Å². The van der Waals surface area contributed by atoms with Gasteiger partial charge in [-0.15, -0.1) is 11.3 Å². The first-order valence-electron chi connectivity index (χ1n) is 7.51. The minimum Gasteiger partial charge on any atom is -0.355 e. The van der Waals surface area contributed by atoms with Crippen LogP contribution in [0.5, 0.6) is 0 Å². The van der Waals surface area contributed by atoms with Gasteiger partial charge in [0.2, 0.25) is 0 Å². The fourth-order valence-electron chi connectivity index (χ4n) is 2.36. The Balaban J connectivity index is 1.76. The Bertz CT molecular complexity index is 917. The Hall–Kier alpha value is -2.18. The van der Waals surface area contributed by atoms with Gasteiger partial charge in [0, 0.05) is 17.2 Å². The summed E-state index contributed by atoms with van der Waals surface area (Å²) < 4.78 is 23.0. The maximum Gasteiger partial charge on any atom is 0.183 e. The van der Waals surface area contributed by atoms with Gasteiger partial charge in [-0.1, -0.05) is 42.5 Å². The summed E-state index contributed by atoms with van der Waals surface area (Å²) in [4.78, 5) is 4.91. The molecule has 3 rings (SSSR count). The number of anilines is 1. The van der Waals surface area contributed by atoms with Gasteiger partial charge in [-0.05, 0) is 24.6 Å². The smallest absolute Gasteiger partial charge is 0.183 e. The molecule has 1 atom stereocenters. The Morgan fingerprint density at radius 1 is 1.04 bits per heavy atom. The number of hydrogen-bond donors (Lipinski definition) is 1. The predicted octanol–water partition coefficient (Wildman–Crippen LogP) is 4.39. The number of aromatic nitrogens is 1. The minimum atomic E-state index is -3.17. The number of rotatable bonds is 5. The number of thiazole rings is 1. The van der Waals surface area contributed by atoms with E-state index in [1.165, 1.54) is 23.2 Å². The van der Waals surface area contributed by atoms with Gasteiger partial charge in [-0.3, -0.25) is 0 Å². The average Bonchev–Trinajstić information content (AvgIpc) is 3.03. The number of hydrogen-bond acceptors (Lipinski definition) is 5. The molecule has 0 bridgehead atoms. The molecular weight excluding hydrogens is 340 g/mol. The zero-order chi connectivity index (χ0) is 17.2. The second-order valence-electron chi connectivity index (χ2n) is 5.61. The largest absolute Gasteiger partial charge is 0.355 e. The predicted molar refractivity (Wildman–Crippen MR) is 99.1 cm³/mol. The van der Waals surface area contributed by atoms with E-state index in [0.717, 1.165) is 16.4 Å². The summed E-state index contributed by atoms with van der Waals surface area (Å²) in [5.41, 5.74) is 2.94. The van der Waals surface area contributed by atoms with Crippen molar-refractivity contribution in [1.29, 1.82) is 0 Å². The van der Waals surface area contributed by atoms with E-state index in [9.17, 15) is 8.42 Å². The molecule has 1 N–H and O–H groups in total. The van der Waals surface area contributed by atoms with Crippen molar-refractivity contribution >= 4 is 26.3 Å². The third-order valence-corrected chi connectivity index (χ3v) is 5.62. The van der Waals surface area contributed by atoms with E-state index in [0.29, 0.717) is 4.90 Å². The van der Waals surface area contributed by atoms with Gasteiger partial charge >= 0.3 is 0 Å². The highest BCUT2D eigenvalue weighted by Gasteiger charge is 2.11. The molecule has 0 amide bonds. The molecule has 2 aromatic carbocycles. The van der Waals surface area contributed by atoms with Crippen molar-refractivity contribution in [3.05, 3.63) is 65.5 Å². The lowest BCUT2D eigenvalue weighted by Crippen LogP contribution is -2.05. The molecule has 1 heterocycles. The molecule has 0 saturated carbocycles. The van der Waals surface area contributed by atoms with Crippen molar-refractivity contribution in [3.63, 3.8) is 0 Å². The highest BCUT2D eigenvalue weighted by Crippen LogP contribution is 2.28. The van der Waals surface area contributed by atoms with Gasteiger partial charge in [0.1, 0.15) is 0 Å². The van der Waals surface area contributed by atoms with E-state index in [1.807, 2.05) is 23.6 Å². The highest BCUT2D eigenvalue weighted by molar-refractivity contribution is 7.90. The van der Waals surface area contributed by atoms with Crippen molar-refractivity contribution in [3.8, 4) is 11.3 Å². The number of nitrogens with zero attached hydrogens (tertiary/aromatic N) is 1. The standard InChI is InChI=1S/C18H18N2O2S2/c1-13(14-6-4-3-5-7-14)19-18-20-17(12-23-18)15-8-10-16(11-9-15)24(2,21)22/h3-13H,1-2H3,(H,19,20)/t13-/m0/s1. The molecule has 0 aliphatic heterocycles. The summed E-state index contributed by atoms with van der Waals surface area (Å²) in [6, 6.07) is 17.2. The summed E-state index contributed by atoms with van der Waals surface area (Å²) in [6.45, 7) is 2.09. The maximum absolute atomic E-state index is 11.5. The summed E-state index contributed by atoms with van der Waals surface area (Å²) in [6.07, 6.45) is 1.21. The summed E-state index contributed by atoms with van der Waals surface area (Å²) in [5.74, 6) is 0. The van der Waals surface area contributed by atoms with E-state index in [-0.39, 0.29) is 6.04 Å². The van der Waals surface area contributed by atoms with Crippen LogP contribution in [0.1, 0.15) is 18.5 Å². The van der Waals surface area contributed by atoms with Gasteiger partial charge in [0.25, 0.3) is 0 Å². The molecule has 0 unspecified atom stereocenters. The zero-order valence-corrected chi connectivity index (χ0v) is 15.1. The van der Waals surface area contributed by atoms with Crippen molar-refractivity contribution in [2.24, 2.45) is 0 Å². The van der Waals surface area contributed by atoms with Crippen LogP contribution >= 0.6 is 11.3 Å². The lowest BCUT2D eigenvalue weighted by Gasteiger charge is -2.12. The van der Waals surface area contributed by atoms with E-state index in [2.05, 4.69) is 29.4 Å². The van der Waals surface area contributed by atoms with Crippen LogP contribution < -0.4 is 5.32 Å². The summed E-state index contributed by atoms with van der Waals surface area (Å²) >= 11 is 1.54. The molecule has 0 spiro atoms. The van der Waals surface area contributed by atoms with E-state index < -0.39 is 9.84 Å². The third kappa shape index (κ3) is 3.83. The first-order valence-corrected chi connectivity index (χ1v) is 10.3. The summed E-state index contributed by atoms with van der Waals surface area (Å²) in [5, 5.41) is 6.20. The van der Waals surface area contributed by atoms with Gasteiger partial charge in [-0.2, -0.15) is 0 Å². The Morgan fingerprint density at radius 3 is 2.33 bits per heavy atom. The van der Waals surface area contributed by atoms with Crippen LogP contribution in [0.2, 0.25) is 0 Å². The van der Waals surface area contributed by atoms with Crippen LogP contribution in [0, 0.1) is 0 Å². The van der Waals surface area contributed by atoms with E-state index in [1.54, 1.807) is 24.3 Å². The molecule has 6 heteroatoms. The van der Waals surface area contributed by atoms with Gasteiger partial charge in [0.15, 0.2) is 15.0 Å². The first-order chi connectivity index (χ1) is 11.4. The van der Waals surface area contributed by atoms with Crippen molar-refractivity contribution in [2.75, 3.05) is 11.6 Å². The van der Waals surface area contributed by atoms with Crippen molar-refractivity contribution < 1.29 is 8.42 Å². The molecular formula is C18H18N2O2S2. The fraction of sp³-hybridized carbons (Fsp3) is 0.167. The molecule has 0 aliphatic carbocycles. The van der Waals surface area contributed by atoms with Gasteiger partial charge in [0.05, 0.1) is 16.6 Å². The van der Waals surface area contributed by atoms with Crippen LogP contribution in [0.15, 0.2) is 64.9 Å². The van der Waals surface area contributed by atoms with Crippen molar-refractivity contribution in [2.45, 2.75) is 17.9 Å². The molecule has 4 nitrogen and oxygen atoms in total. The molecule has 0 aliphatic rings. The second kappa shape index (κ2) is 6.75. The maximum atomic E-state index is 11.5. The van der Waals surface area contributed by atoms with E-state index >= 15 is 0 Å². The molecule has 0 radical (unpaired) electrons. The lowest BCUT2D eigenvalue weighted by atomic mass is 10.1. The SMILES string of the molecule is C[C@H](Nc1nc(-c2ccc(S(C)(=O)=O)cc2)cs1)c1ccccc1. The number of benzene rings is 2. The molecule has 0 saturated heterocycles. The minimum absolute atomic E-state index is 0.165. The highest BCUT2D eigenvalue weighted by atomic mass is 32.2. The van der Waals surface area contributed by atoms with Crippen LogP contribution in [0.3, 0.4) is 0 Å². The van der Waals surface area contributed by atoms with Crippen LogP contribution in [0.25, 0.3) is 11.3 Å². The Labute approximate surface area is 146 Å². The van der Waals surface area contributed by atoms with E-state index in [4.69, 9.17) is 0 Å². The molecule has 1 aromatic heterocycles. The van der Waals surface area contributed by atoms with Gasteiger partial charge in [-0.25, -0.2) is 13.4 Å². The topological polar surface area (TPSA) is 59.1 Å². The average molecular weight is 358 g/mol. The normalized spacial score (nSPS) is 12.8. The quantitative estimate of drug-likeness (QED) is 0.735. The third-order valence-electron chi connectivity index (χ3n) is 3.72. The lowest BCUT2D eigenvalue weighted by molar-refractivity contribution is 0.602. The summed E-state index contributed by atoms with van der Waals surface area (Å²) in [7, 11) is -3.17. The van der Waals surface area contributed by atoms with Crippen LogP contribution in [0.4, 0.5) is 5.13 Å². The fourth-order valence-corrected chi connectivity index (χ4v) is 3.79. The molecule has 0 fully saturated rings. The molecule has 24 heavy (non-hydrogen) atoms. The number of nitrogens with one attached hydrogen (secondary N) is 1. The van der Waals surface area contributed by atoms with Crippen molar-refractivity contribution in [1.82, 2.24) is 4.98 Å². The zero-order valence-electron chi connectivity index (χ0n) is 13.4. The number of sulfone groups is 1. The Kier molecular flexibility index (Phi) is 4.69. The monoisotopic (exact) mass is 358 g/mol. The first kappa shape index (κ1) is 16.7. The second-order valence-corrected chi connectivity index (χ2v) is 8.48. The Morgan fingerprint density at radius 2 is 1.71 bits per heavy atom. The van der Waals surface area contributed by atoms with Gasteiger partial charge < -0.3 is 5.32 Å².